The minimum absolute atomic E-state index is 0.517. The topological polar surface area (TPSA) is 71.7 Å². The first-order valence-electron chi connectivity index (χ1n) is 8.74. The maximum atomic E-state index is 5.56. The van der Waals surface area contributed by atoms with E-state index in [2.05, 4.69) is 34.5 Å². The maximum Gasteiger partial charge on any atom is 0.191 e. The lowest BCUT2D eigenvalue weighted by atomic mass is 10.3. The highest BCUT2D eigenvalue weighted by Crippen LogP contribution is 2.16. The average molecular weight is 365 g/mol. The zero-order valence-electron chi connectivity index (χ0n) is 15.3. The fourth-order valence-electron chi connectivity index (χ4n) is 2.37. The summed E-state index contributed by atoms with van der Waals surface area (Å²) in [5, 5.41) is 7.78. The average Bonchev–Trinajstić information content (AvgIpc) is 3.20. The highest BCUT2D eigenvalue weighted by atomic mass is 32.1. The van der Waals surface area contributed by atoms with Crippen molar-refractivity contribution in [2.75, 3.05) is 26.2 Å². The highest BCUT2D eigenvalue weighted by Gasteiger charge is 2.05. The van der Waals surface area contributed by atoms with Crippen LogP contribution in [0.3, 0.4) is 0 Å². The molecule has 0 atom stereocenters. The molecule has 2 heterocycles. The van der Waals surface area contributed by atoms with Gasteiger partial charge in [-0.1, -0.05) is 0 Å². The molecule has 2 aromatic heterocycles. The molecule has 138 valence electrons. The number of guanidine groups is 1. The van der Waals surface area contributed by atoms with Crippen LogP contribution in [0.1, 0.15) is 34.7 Å². The molecule has 7 heteroatoms. The number of aryl methyl sites for hydroxylation is 2. The molecule has 0 saturated carbocycles. The third-order valence-corrected chi connectivity index (χ3v) is 4.66. The van der Waals surface area contributed by atoms with Crippen LogP contribution in [0.2, 0.25) is 0 Å². The zero-order chi connectivity index (χ0) is 17.9. The molecule has 6 nitrogen and oxygen atoms in total. The third-order valence-electron chi connectivity index (χ3n) is 3.53. The van der Waals surface area contributed by atoms with Crippen molar-refractivity contribution in [2.24, 2.45) is 4.99 Å². The summed E-state index contributed by atoms with van der Waals surface area (Å²) in [5.41, 5.74) is 1.14. The fraction of sp³-hybridized carbons (Fsp3) is 0.556. The van der Waals surface area contributed by atoms with Gasteiger partial charge in [-0.25, -0.2) is 4.98 Å². The summed E-state index contributed by atoms with van der Waals surface area (Å²) in [6, 6.07) is 3.78. The largest absolute Gasteiger partial charge is 0.467 e. The number of ether oxygens (including phenoxy) is 1. The van der Waals surface area contributed by atoms with Crippen molar-refractivity contribution in [1.82, 2.24) is 15.6 Å². The summed E-state index contributed by atoms with van der Waals surface area (Å²) in [5.74, 6) is 1.71. The van der Waals surface area contributed by atoms with Crippen molar-refractivity contribution in [3.05, 3.63) is 39.7 Å². The van der Waals surface area contributed by atoms with Crippen molar-refractivity contribution in [3.8, 4) is 0 Å². The lowest BCUT2D eigenvalue weighted by molar-refractivity contribution is 0.105. The monoisotopic (exact) mass is 364 g/mol. The van der Waals surface area contributed by atoms with E-state index in [9.17, 15) is 0 Å². The first-order valence-corrected chi connectivity index (χ1v) is 9.56. The standard InChI is InChI=1S/C18H28N4O2S/c1-4-19-18(21-10-8-17-14(2)22-15(3)25-17)20-9-6-11-23-13-16-7-5-12-24-16/h5,7,12H,4,6,8-11,13H2,1-3H3,(H2,19,20,21). The summed E-state index contributed by atoms with van der Waals surface area (Å²) in [6.07, 6.45) is 3.50. The van der Waals surface area contributed by atoms with Crippen LogP contribution < -0.4 is 10.6 Å². The lowest BCUT2D eigenvalue weighted by Gasteiger charge is -2.11. The van der Waals surface area contributed by atoms with E-state index in [1.807, 2.05) is 19.1 Å². The summed E-state index contributed by atoms with van der Waals surface area (Å²) in [7, 11) is 0. The van der Waals surface area contributed by atoms with E-state index in [0.717, 1.165) is 54.9 Å². The lowest BCUT2D eigenvalue weighted by Crippen LogP contribution is -2.38. The van der Waals surface area contributed by atoms with Crippen LogP contribution in [0, 0.1) is 13.8 Å². The summed E-state index contributed by atoms with van der Waals surface area (Å²) < 4.78 is 10.8. The molecular formula is C18H28N4O2S. The fourth-order valence-corrected chi connectivity index (χ4v) is 3.30. The Bertz CT molecular complexity index is 638. The van der Waals surface area contributed by atoms with E-state index in [-0.39, 0.29) is 0 Å². The van der Waals surface area contributed by atoms with E-state index in [1.54, 1.807) is 17.6 Å². The molecular weight excluding hydrogens is 336 g/mol. The van der Waals surface area contributed by atoms with Crippen LogP contribution in [0.15, 0.2) is 27.8 Å². The summed E-state index contributed by atoms with van der Waals surface area (Å²) in [4.78, 5) is 10.4. The van der Waals surface area contributed by atoms with Gasteiger partial charge >= 0.3 is 0 Å². The molecule has 0 bridgehead atoms. The number of nitrogens with zero attached hydrogens (tertiary/aromatic N) is 2. The third kappa shape index (κ3) is 7.27. The second kappa shape index (κ2) is 10.9. The Kier molecular flexibility index (Phi) is 8.48. The molecule has 0 fully saturated rings. The second-order valence-electron chi connectivity index (χ2n) is 5.66. The van der Waals surface area contributed by atoms with Gasteiger partial charge in [0.25, 0.3) is 0 Å². The van der Waals surface area contributed by atoms with Gasteiger partial charge in [0.1, 0.15) is 12.4 Å². The SMILES string of the molecule is CCNC(=NCCCOCc1ccco1)NCCc1sc(C)nc1C. The number of hydrogen-bond acceptors (Lipinski definition) is 5. The van der Waals surface area contributed by atoms with Gasteiger partial charge < -0.3 is 19.8 Å². The van der Waals surface area contributed by atoms with E-state index in [0.29, 0.717) is 13.2 Å². The smallest absolute Gasteiger partial charge is 0.191 e. The molecule has 0 aliphatic rings. The van der Waals surface area contributed by atoms with Crippen LogP contribution in [-0.2, 0) is 17.8 Å². The molecule has 2 aromatic rings. The van der Waals surface area contributed by atoms with Gasteiger partial charge in [-0.2, -0.15) is 0 Å². The van der Waals surface area contributed by atoms with Crippen molar-refractivity contribution < 1.29 is 9.15 Å². The van der Waals surface area contributed by atoms with Crippen molar-refractivity contribution >= 4 is 17.3 Å². The predicted molar refractivity (Wildman–Crippen MR) is 102 cm³/mol. The Labute approximate surface area is 153 Å². The molecule has 0 amide bonds. The van der Waals surface area contributed by atoms with Crippen LogP contribution in [0.5, 0.6) is 0 Å². The molecule has 0 unspecified atom stereocenters. The van der Waals surface area contributed by atoms with Crippen molar-refractivity contribution in [2.45, 2.75) is 40.2 Å². The highest BCUT2D eigenvalue weighted by molar-refractivity contribution is 7.11. The Morgan fingerprint density at radius 1 is 1.36 bits per heavy atom. The zero-order valence-corrected chi connectivity index (χ0v) is 16.1. The van der Waals surface area contributed by atoms with Crippen LogP contribution in [-0.4, -0.2) is 37.2 Å². The molecule has 0 aliphatic heterocycles. The van der Waals surface area contributed by atoms with Gasteiger partial charge in [0, 0.05) is 37.5 Å². The van der Waals surface area contributed by atoms with Gasteiger partial charge in [-0.05, 0) is 39.3 Å². The first-order chi connectivity index (χ1) is 12.2. The number of nitrogens with one attached hydrogen (secondary N) is 2. The van der Waals surface area contributed by atoms with Gasteiger partial charge in [0.2, 0.25) is 0 Å². The Balaban J connectivity index is 1.64. The summed E-state index contributed by atoms with van der Waals surface area (Å²) in [6.45, 7) is 9.80. The molecule has 0 radical (unpaired) electrons. The Hall–Kier alpha value is -1.86. The normalized spacial score (nSPS) is 11.7. The minimum atomic E-state index is 0.517. The van der Waals surface area contributed by atoms with Crippen molar-refractivity contribution in [3.63, 3.8) is 0 Å². The summed E-state index contributed by atoms with van der Waals surface area (Å²) >= 11 is 1.77. The minimum Gasteiger partial charge on any atom is -0.467 e. The van der Waals surface area contributed by atoms with Crippen LogP contribution in [0.4, 0.5) is 0 Å². The number of hydrogen-bond donors (Lipinski definition) is 2. The molecule has 0 spiro atoms. The molecule has 2 N–H and O–H groups in total. The Morgan fingerprint density at radius 2 is 2.24 bits per heavy atom. The molecule has 25 heavy (non-hydrogen) atoms. The van der Waals surface area contributed by atoms with E-state index < -0.39 is 0 Å². The number of thiazole rings is 1. The Morgan fingerprint density at radius 3 is 2.92 bits per heavy atom. The van der Waals surface area contributed by atoms with E-state index in [4.69, 9.17) is 9.15 Å². The van der Waals surface area contributed by atoms with Crippen LogP contribution >= 0.6 is 11.3 Å². The number of furan rings is 1. The quantitative estimate of drug-likeness (QED) is 0.385. The molecule has 0 aromatic carbocycles. The molecule has 0 aliphatic carbocycles. The van der Waals surface area contributed by atoms with Gasteiger partial charge in [0.05, 0.1) is 17.0 Å². The van der Waals surface area contributed by atoms with Crippen molar-refractivity contribution in [1.29, 1.82) is 0 Å². The van der Waals surface area contributed by atoms with Crippen LogP contribution in [0.25, 0.3) is 0 Å². The number of aliphatic imine (C=N–C) groups is 1. The predicted octanol–water partition coefficient (Wildman–Crippen LogP) is 3.06. The maximum absolute atomic E-state index is 5.56. The van der Waals surface area contributed by atoms with Gasteiger partial charge in [-0.3, -0.25) is 4.99 Å². The van der Waals surface area contributed by atoms with E-state index in [1.165, 1.54) is 4.88 Å². The molecule has 0 saturated heterocycles. The van der Waals surface area contributed by atoms with Gasteiger partial charge in [0.15, 0.2) is 5.96 Å². The first kappa shape index (κ1) is 19.5. The molecule has 2 rings (SSSR count). The van der Waals surface area contributed by atoms with E-state index >= 15 is 0 Å². The number of aromatic nitrogens is 1. The number of rotatable bonds is 10. The second-order valence-corrected chi connectivity index (χ2v) is 6.95. The van der Waals surface area contributed by atoms with Gasteiger partial charge in [-0.15, -0.1) is 11.3 Å².